The number of hydrogen-bond donors (Lipinski definition) is 0. The average molecular weight is 968 g/mol. The Balaban J connectivity index is 0. The van der Waals surface area contributed by atoms with Gasteiger partial charge >= 0.3 is 0 Å². The van der Waals surface area contributed by atoms with Crippen molar-refractivity contribution >= 4 is 52.4 Å². The Kier molecular flexibility index (Phi) is 2320. The van der Waals surface area contributed by atoms with Crippen molar-refractivity contribution in [1.82, 2.24) is 0 Å². The molecule has 8 radical (unpaired) electrons. The summed E-state index contributed by atoms with van der Waals surface area (Å²) >= 11 is 0. The van der Waals surface area contributed by atoms with E-state index in [2.05, 4.69) is 0 Å². The summed E-state index contributed by atoms with van der Waals surface area (Å²) in [5.41, 5.74) is 0. The van der Waals surface area contributed by atoms with E-state index in [9.17, 15) is 0 Å². The Bertz CT molecular complexity index is 20.4. The molecule has 0 atom stereocenters. The fraction of sp³-hybridized carbons (Fsp3) is 0. The maximum Gasteiger partial charge on any atom is 0 e. The first-order valence-electron chi connectivity index (χ1n) is 0. The van der Waals surface area contributed by atoms with E-state index in [1.54, 1.807) is 0 Å². The van der Waals surface area contributed by atoms with Gasteiger partial charge < -0.3 is 27.4 Å². The molecule has 72 valence electrons. The first-order chi connectivity index (χ1) is 0. The largest absolute Gasteiger partial charge is 2.00 e. The van der Waals surface area contributed by atoms with Gasteiger partial charge in [-0.1, -0.05) is 0 Å². The van der Waals surface area contributed by atoms with Crippen molar-refractivity contribution in [2.24, 2.45) is 0 Å². The molecule has 0 aromatic carbocycles. The van der Waals surface area contributed by atoms with E-state index in [0.717, 1.165) is 0 Å². The van der Waals surface area contributed by atoms with Crippen LogP contribution in [0.2, 0.25) is 0 Å². The zero-order valence-corrected chi connectivity index (χ0v) is 20.3. The van der Waals surface area contributed by atoms with Gasteiger partial charge in [0.15, 0.2) is 0 Å². The molecule has 0 saturated heterocycles. The Morgan fingerprint density at radius 3 is 0.364 bits per heavy atom. The summed E-state index contributed by atoms with van der Waals surface area (Å²) in [7, 11) is 0. The molecule has 0 aliphatic rings. The van der Waals surface area contributed by atoms with Crippen LogP contribution in [0.3, 0.4) is 0 Å². The summed E-state index contributed by atoms with van der Waals surface area (Å²) < 4.78 is 0. The van der Waals surface area contributed by atoms with Crippen LogP contribution in [0.25, 0.3) is 0 Å². The average Bonchev–Trinajstić information content (AvgIpc) is 0. The van der Waals surface area contributed by atoms with Crippen molar-refractivity contribution < 1.29 is 107 Å². The van der Waals surface area contributed by atoms with Crippen molar-refractivity contribution in [2.45, 2.75) is 0 Å². The van der Waals surface area contributed by atoms with Gasteiger partial charge in [-0.2, -0.15) is 0 Å². The predicted molar refractivity (Wildman–Crippen MR) is 14.9 cm³/mol. The second-order valence-corrected chi connectivity index (χ2v) is 0. The molecule has 0 bridgehead atoms. The summed E-state index contributed by atoms with van der Waals surface area (Å²) in [4.78, 5) is 0. The van der Waals surface area contributed by atoms with Gasteiger partial charge in [0.1, 0.15) is 0 Å². The van der Waals surface area contributed by atoms with Crippen LogP contribution in [-0.2, 0) is 107 Å². The van der Waals surface area contributed by atoms with Crippen LogP contribution in [0, 0.1) is 0 Å². The first-order valence-corrected chi connectivity index (χ1v) is 0. The predicted octanol–water partition coefficient (Wildman–Crippen LogP) is -1.37. The normalized spacial score (nSPS) is 0. The van der Waals surface area contributed by atoms with Crippen LogP contribution >= 0.6 is 0 Å². The Labute approximate surface area is 156 Å². The molecule has 0 N–H and O–H groups in total. The Morgan fingerprint density at radius 2 is 0.364 bits per heavy atom. The van der Waals surface area contributed by atoms with Crippen LogP contribution in [0.4, 0.5) is 0 Å². The van der Waals surface area contributed by atoms with Crippen molar-refractivity contribution in [1.29, 1.82) is 0 Å². The zero-order valence-electron chi connectivity index (χ0n) is 4.65. The summed E-state index contributed by atoms with van der Waals surface area (Å²) in [6.45, 7) is 0. The smallest absolute Gasteiger partial charge is 0 e. The van der Waals surface area contributed by atoms with Gasteiger partial charge in [0.25, 0.3) is 0 Å². The van der Waals surface area contributed by atoms with Crippen LogP contribution in [0.15, 0.2) is 0 Å². The minimum Gasteiger partial charge on any atom is -2.00 e. The SMILES string of the molecule is [Bi].[Bi].[O-2].[O-2].[O-2].[O-2].[O-2].[V].[V].[W].[W]. The molecule has 11 heteroatoms. The third-order valence-electron chi connectivity index (χ3n) is 0. The summed E-state index contributed by atoms with van der Waals surface area (Å²) in [5.74, 6) is 0. The standard InChI is InChI=1S/2Bi.5O.2V.2W/q;;5*-2;;;;. The van der Waals surface area contributed by atoms with Crippen molar-refractivity contribution in [3.05, 3.63) is 0 Å². The molecule has 0 fully saturated rings. The second kappa shape index (κ2) is 144. The van der Waals surface area contributed by atoms with Crippen LogP contribution in [0.5, 0.6) is 0 Å². The van der Waals surface area contributed by atoms with Gasteiger partial charge in [-0.15, -0.1) is 0 Å². The number of hydrogen-bond acceptors (Lipinski definition) is 0. The Hall–Kier alpha value is 4.11. The van der Waals surface area contributed by atoms with Crippen LogP contribution < -0.4 is 0 Å². The third-order valence-corrected chi connectivity index (χ3v) is 0. The molecular weight excluding hydrogens is 968 g/mol. The van der Waals surface area contributed by atoms with E-state index >= 15 is 0 Å². The molecule has 0 saturated carbocycles. The molecule has 0 rings (SSSR count). The van der Waals surface area contributed by atoms with E-state index in [-0.39, 0.29) is 159 Å². The van der Waals surface area contributed by atoms with E-state index in [1.807, 2.05) is 0 Å². The minimum atomic E-state index is 0. The fourth-order valence-corrected chi connectivity index (χ4v) is 0. The minimum absolute atomic E-state index is 0. The van der Waals surface area contributed by atoms with Gasteiger partial charge in [-0.25, -0.2) is 0 Å². The molecule has 0 aliphatic carbocycles. The Morgan fingerprint density at radius 1 is 0.364 bits per heavy atom. The second-order valence-electron chi connectivity index (χ2n) is 0. The summed E-state index contributed by atoms with van der Waals surface area (Å²) in [6, 6.07) is 0. The van der Waals surface area contributed by atoms with Crippen LogP contribution in [-0.4, -0.2) is 52.4 Å². The zero-order chi connectivity index (χ0) is 0. The van der Waals surface area contributed by atoms with E-state index < -0.39 is 0 Å². The molecule has 0 aromatic heterocycles. The maximum atomic E-state index is 0. The summed E-state index contributed by atoms with van der Waals surface area (Å²) in [6.07, 6.45) is 0. The molecule has 0 aliphatic heterocycles. The molecule has 11 heavy (non-hydrogen) atoms. The van der Waals surface area contributed by atoms with E-state index in [4.69, 9.17) is 0 Å². The molecule has 0 aromatic rings. The van der Waals surface area contributed by atoms with Gasteiger partial charge in [-0.3, -0.25) is 0 Å². The van der Waals surface area contributed by atoms with Gasteiger partial charge in [0.2, 0.25) is 0 Å². The first kappa shape index (κ1) is 178. The fourth-order valence-electron chi connectivity index (χ4n) is 0. The van der Waals surface area contributed by atoms with Crippen LogP contribution in [0.1, 0.15) is 0 Å². The van der Waals surface area contributed by atoms with Gasteiger partial charge in [-0.05, 0) is 0 Å². The quantitative estimate of drug-likeness (QED) is 0.265. The third kappa shape index (κ3) is 122. The topological polar surface area (TPSA) is 142 Å². The molecule has 5 nitrogen and oxygen atoms in total. The van der Waals surface area contributed by atoms with Gasteiger partial charge in [0, 0.05) is 132 Å². The van der Waals surface area contributed by atoms with Crippen molar-refractivity contribution in [2.75, 3.05) is 0 Å². The summed E-state index contributed by atoms with van der Waals surface area (Å²) in [5, 5.41) is 0. The molecule has 0 unspecified atom stereocenters. The molecule has 0 heterocycles. The van der Waals surface area contributed by atoms with Crippen molar-refractivity contribution in [3.8, 4) is 0 Å². The molecule has 0 spiro atoms. The monoisotopic (exact) mass is 968 g/mol. The maximum absolute atomic E-state index is 0. The van der Waals surface area contributed by atoms with E-state index in [1.165, 1.54) is 0 Å². The number of rotatable bonds is 0. The molecule has 0 amide bonds. The van der Waals surface area contributed by atoms with Crippen molar-refractivity contribution in [3.63, 3.8) is 0 Å². The van der Waals surface area contributed by atoms with Gasteiger partial charge in [0.05, 0.1) is 0 Å². The molecular formula is Bi2O5V2W2-10. The van der Waals surface area contributed by atoms with E-state index in [0.29, 0.717) is 0 Å².